The van der Waals surface area contributed by atoms with Crippen LogP contribution in [0.5, 0.6) is 11.6 Å². The van der Waals surface area contributed by atoms with Crippen molar-refractivity contribution < 1.29 is 22.7 Å². The number of hydrogen-bond donors (Lipinski definition) is 1. The van der Waals surface area contributed by atoms with Gasteiger partial charge in [0.05, 0.1) is 5.69 Å². The van der Waals surface area contributed by atoms with Crippen molar-refractivity contribution in [2.45, 2.75) is 38.5 Å². The highest BCUT2D eigenvalue weighted by Gasteiger charge is 2.38. The topological polar surface area (TPSA) is 96.4 Å². The van der Waals surface area contributed by atoms with Gasteiger partial charge in [-0.2, -0.15) is 18.2 Å². The summed E-state index contributed by atoms with van der Waals surface area (Å²) in [4.78, 5) is 33.1. The number of rotatable bonds is 5. The summed E-state index contributed by atoms with van der Waals surface area (Å²) in [6.07, 6.45) is -0.344. The van der Waals surface area contributed by atoms with Crippen molar-refractivity contribution in [1.82, 2.24) is 19.9 Å². The lowest BCUT2D eigenvalue weighted by Gasteiger charge is -2.41. The monoisotopic (exact) mass is 485 g/mol. The van der Waals surface area contributed by atoms with Gasteiger partial charge in [0.2, 0.25) is 17.7 Å². The van der Waals surface area contributed by atoms with Gasteiger partial charge in [0.25, 0.3) is 0 Å². The van der Waals surface area contributed by atoms with E-state index in [9.17, 15) is 18.0 Å². The molecule has 0 bridgehead atoms. The maximum Gasteiger partial charge on any atom is 0.433 e. The van der Waals surface area contributed by atoms with Crippen molar-refractivity contribution in [3.05, 3.63) is 53.6 Å². The average molecular weight is 485 g/mol. The van der Waals surface area contributed by atoms with Gasteiger partial charge in [0, 0.05) is 44.7 Å². The van der Waals surface area contributed by atoms with Crippen LogP contribution in [0.25, 0.3) is 0 Å². The Balaban J connectivity index is 1.28. The second-order valence-corrected chi connectivity index (χ2v) is 8.38. The van der Waals surface area contributed by atoms with E-state index < -0.39 is 11.9 Å². The predicted octanol–water partition coefficient (Wildman–Crippen LogP) is 3.81. The summed E-state index contributed by atoms with van der Waals surface area (Å²) in [5.41, 5.74) is 1.40. The van der Waals surface area contributed by atoms with Crippen LogP contribution in [0.3, 0.4) is 0 Å². The standard InChI is InChI=1S/C23H22F3N7O2/c1-13-21(34)33-9-3-4-16-19(33)20(32(13)2)31-22(30-16)29-12-14-5-6-18(28-11-14)35-15-7-8-27-17(10-15)23(24,25)26/h5-8,10-11,13H,3-4,9,12H2,1-2H3,(H,29,30,31). The van der Waals surface area contributed by atoms with Crippen LogP contribution in [0.1, 0.15) is 30.3 Å². The number of carbonyl (C=O) groups is 1. The number of nitrogens with one attached hydrogen (secondary N) is 1. The van der Waals surface area contributed by atoms with Crippen LogP contribution in [0.2, 0.25) is 0 Å². The number of anilines is 3. The second kappa shape index (κ2) is 8.67. The molecule has 2 aliphatic heterocycles. The average Bonchev–Trinajstić information content (AvgIpc) is 2.85. The van der Waals surface area contributed by atoms with E-state index in [0.29, 0.717) is 19.0 Å². The number of pyridine rings is 2. The van der Waals surface area contributed by atoms with Gasteiger partial charge in [-0.25, -0.2) is 9.97 Å². The van der Waals surface area contributed by atoms with Crippen LogP contribution >= 0.6 is 0 Å². The van der Waals surface area contributed by atoms with Gasteiger partial charge < -0.3 is 19.9 Å². The number of alkyl halides is 3. The van der Waals surface area contributed by atoms with Gasteiger partial charge in [-0.15, -0.1) is 0 Å². The van der Waals surface area contributed by atoms with Crippen molar-refractivity contribution in [3.8, 4) is 11.6 Å². The molecule has 1 amide bonds. The molecule has 1 unspecified atom stereocenters. The lowest BCUT2D eigenvalue weighted by molar-refractivity contribution is -0.141. The number of halogens is 3. The van der Waals surface area contributed by atoms with Crippen LogP contribution < -0.4 is 19.9 Å². The number of amides is 1. The third-order valence-electron chi connectivity index (χ3n) is 6.03. The van der Waals surface area contributed by atoms with Crippen molar-refractivity contribution in [2.75, 3.05) is 28.7 Å². The molecule has 2 aliphatic rings. The molecular weight excluding hydrogens is 463 g/mol. The Morgan fingerprint density at radius 3 is 2.77 bits per heavy atom. The smallest absolute Gasteiger partial charge is 0.433 e. The molecule has 3 aromatic rings. The fraction of sp³-hybridized carbons (Fsp3) is 0.348. The second-order valence-electron chi connectivity index (χ2n) is 8.38. The number of ether oxygens (including phenoxy) is 1. The first-order valence-electron chi connectivity index (χ1n) is 11.1. The SMILES string of the molecule is CC1C(=O)N2CCCc3nc(NCc4ccc(Oc5ccnc(C(F)(F)F)c5)nc4)nc(c32)N1C. The zero-order chi connectivity index (χ0) is 24.7. The van der Waals surface area contributed by atoms with E-state index in [1.54, 1.807) is 23.2 Å². The summed E-state index contributed by atoms with van der Waals surface area (Å²) in [7, 11) is 1.85. The Morgan fingerprint density at radius 2 is 2.03 bits per heavy atom. The molecule has 0 fully saturated rings. The van der Waals surface area contributed by atoms with Gasteiger partial charge in [0.1, 0.15) is 23.2 Å². The van der Waals surface area contributed by atoms with E-state index in [-0.39, 0.29) is 23.6 Å². The number of likely N-dealkylation sites (N-methyl/N-ethyl adjacent to an activating group) is 1. The maximum atomic E-state index is 12.8. The number of aromatic nitrogens is 4. The number of carbonyl (C=O) groups excluding carboxylic acids is 1. The Kier molecular flexibility index (Phi) is 5.65. The third-order valence-corrected chi connectivity index (χ3v) is 6.03. The molecule has 0 aromatic carbocycles. The molecule has 0 saturated heterocycles. The minimum atomic E-state index is -4.56. The summed E-state index contributed by atoms with van der Waals surface area (Å²) in [5, 5.41) is 3.20. The minimum Gasteiger partial charge on any atom is -0.439 e. The van der Waals surface area contributed by atoms with E-state index in [1.807, 2.05) is 18.9 Å². The van der Waals surface area contributed by atoms with Crippen molar-refractivity contribution in [1.29, 1.82) is 0 Å². The summed E-state index contributed by atoms with van der Waals surface area (Å²) >= 11 is 0. The molecule has 1 atom stereocenters. The maximum absolute atomic E-state index is 12.8. The first-order valence-corrected chi connectivity index (χ1v) is 11.1. The predicted molar refractivity (Wildman–Crippen MR) is 121 cm³/mol. The first-order chi connectivity index (χ1) is 16.7. The third kappa shape index (κ3) is 4.43. The van der Waals surface area contributed by atoms with Crippen LogP contribution in [0.4, 0.5) is 30.6 Å². The zero-order valence-electron chi connectivity index (χ0n) is 19.0. The van der Waals surface area contributed by atoms with Crippen LogP contribution in [-0.2, 0) is 23.9 Å². The molecule has 3 aromatic heterocycles. The number of aryl methyl sites for hydroxylation is 1. The number of hydrogen-bond acceptors (Lipinski definition) is 8. The van der Waals surface area contributed by atoms with Gasteiger partial charge >= 0.3 is 6.18 Å². The highest BCUT2D eigenvalue weighted by atomic mass is 19.4. The molecule has 5 heterocycles. The summed E-state index contributed by atoms with van der Waals surface area (Å²) < 4.78 is 43.9. The Hall–Kier alpha value is -3.96. The Bertz CT molecular complexity index is 1270. The van der Waals surface area contributed by atoms with E-state index >= 15 is 0 Å². The van der Waals surface area contributed by atoms with Gasteiger partial charge in [0.15, 0.2) is 5.82 Å². The van der Waals surface area contributed by atoms with Gasteiger partial charge in [-0.3, -0.25) is 9.78 Å². The molecule has 0 radical (unpaired) electrons. The molecule has 1 N–H and O–H groups in total. The van der Waals surface area contributed by atoms with Crippen LogP contribution in [0.15, 0.2) is 36.7 Å². The molecule has 0 saturated carbocycles. The Labute approximate surface area is 199 Å². The van der Waals surface area contributed by atoms with Crippen LogP contribution in [-0.4, -0.2) is 45.5 Å². The number of nitrogens with zero attached hydrogens (tertiary/aromatic N) is 6. The van der Waals surface area contributed by atoms with E-state index in [0.717, 1.165) is 47.9 Å². The molecule has 182 valence electrons. The Morgan fingerprint density at radius 1 is 1.20 bits per heavy atom. The summed E-state index contributed by atoms with van der Waals surface area (Å²) in [5.74, 6) is 1.38. The molecule has 0 aliphatic carbocycles. The summed E-state index contributed by atoms with van der Waals surface area (Å²) in [6.45, 7) is 2.91. The normalized spacial score (nSPS) is 17.3. The fourth-order valence-electron chi connectivity index (χ4n) is 4.08. The first kappa shape index (κ1) is 22.8. The summed E-state index contributed by atoms with van der Waals surface area (Å²) in [6, 6.07) is 5.17. The quantitative estimate of drug-likeness (QED) is 0.583. The molecule has 9 nitrogen and oxygen atoms in total. The lowest BCUT2D eigenvalue weighted by Crippen LogP contribution is -2.53. The molecular formula is C23H22F3N7O2. The van der Waals surface area contributed by atoms with Crippen LogP contribution in [0, 0.1) is 0 Å². The zero-order valence-corrected chi connectivity index (χ0v) is 19.0. The van der Waals surface area contributed by atoms with E-state index in [4.69, 9.17) is 4.74 Å². The van der Waals surface area contributed by atoms with Gasteiger partial charge in [-0.1, -0.05) is 6.07 Å². The minimum absolute atomic E-state index is 0.00648. The van der Waals surface area contributed by atoms with Crippen molar-refractivity contribution in [2.24, 2.45) is 0 Å². The molecule has 0 spiro atoms. The van der Waals surface area contributed by atoms with Gasteiger partial charge in [-0.05, 0) is 31.4 Å². The van der Waals surface area contributed by atoms with E-state index in [2.05, 4.69) is 25.3 Å². The van der Waals surface area contributed by atoms with E-state index in [1.165, 1.54) is 6.07 Å². The largest absolute Gasteiger partial charge is 0.439 e. The lowest BCUT2D eigenvalue weighted by atomic mass is 10.0. The highest BCUT2D eigenvalue weighted by molar-refractivity contribution is 6.05. The highest BCUT2D eigenvalue weighted by Crippen LogP contribution is 2.39. The molecule has 12 heteroatoms. The van der Waals surface area contributed by atoms with Crippen molar-refractivity contribution in [3.63, 3.8) is 0 Å². The molecule has 5 rings (SSSR count). The van der Waals surface area contributed by atoms with Crippen molar-refractivity contribution >= 4 is 23.4 Å². The molecule has 35 heavy (non-hydrogen) atoms. The fourth-order valence-corrected chi connectivity index (χ4v) is 4.08.